The second-order valence-electron chi connectivity index (χ2n) is 5.11. The number of hydrogen-bond donors (Lipinski definition) is 1. The van der Waals surface area contributed by atoms with Crippen molar-refractivity contribution >= 4 is 0 Å². The largest absolute Gasteiger partial charge is 0.497 e. The second kappa shape index (κ2) is 5.20. The van der Waals surface area contributed by atoms with Crippen LogP contribution >= 0.6 is 0 Å². The lowest BCUT2D eigenvalue weighted by molar-refractivity contribution is -0.0974. The van der Waals surface area contributed by atoms with E-state index in [1.165, 1.54) is 0 Å². The molecule has 1 atom stereocenters. The summed E-state index contributed by atoms with van der Waals surface area (Å²) >= 11 is 0. The minimum absolute atomic E-state index is 0.514. The van der Waals surface area contributed by atoms with E-state index in [2.05, 4.69) is 6.07 Å². The van der Waals surface area contributed by atoms with Crippen LogP contribution in [0.4, 0.5) is 0 Å². The Morgan fingerprint density at radius 2 is 1.89 bits per heavy atom. The lowest BCUT2D eigenvalue weighted by Crippen LogP contribution is -2.46. The summed E-state index contributed by atoms with van der Waals surface area (Å²) in [5.41, 5.74) is -1.26. The van der Waals surface area contributed by atoms with Crippen molar-refractivity contribution in [1.29, 1.82) is 5.26 Å². The van der Waals surface area contributed by atoms with Gasteiger partial charge in [0.15, 0.2) is 0 Å². The van der Waals surface area contributed by atoms with E-state index in [1.54, 1.807) is 26.2 Å². The Morgan fingerprint density at radius 3 is 2.37 bits per heavy atom. The molecule has 4 heteroatoms. The maximum absolute atomic E-state index is 10.9. The minimum Gasteiger partial charge on any atom is -0.497 e. The molecular formula is C15H19NO3. The molecule has 1 aromatic rings. The lowest BCUT2D eigenvalue weighted by atomic mass is 9.66. The Kier molecular flexibility index (Phi) is 3.79. The van der Waals surface area contributed by atoms with Gasteiger partial charge in [-0.15, -0.1) is 0 Å². The summed E-state index contributed by atoms with van der Waals surface area (Å²) in [7, 11) is 1.60. The zero-order chi connectivity index (χ0) is 13.9. The van der Waals surface area contributed by atoms with E-state index in [-0.39, 0.29) is 0 Å². The molecule has 1 N–H and O–H groups in total. The fraction of sp³-hybridized carbons (Fsp3) is 0.533. The zero-order valence-electron chi connectivity index (χ0n) is 11.3. The van der Waals surface area contributed by atoms with Crippen molar-refractivity contribution in [2.45, 2.75) is 25.4 Å². The molecule has 102 valence electrons. The number of hydrogen-bond acceptors (Lipinski definition) is 4. The number of rotatable bonds is 3. The highest BCUT2D eigenvalue weighted by Crippen LogP contribution is 2.46. The van der Waals surface area contributed by atoms with Crippen molar-refractivity contribution in [3.8, 4) is 11.8 Å². The van der Waals surface area contributed by atoms with Crippen molar-refractivity contribution < 1.29 is 14.6 Å². The molecule has 1 aliphatic rings. The van der Waals surface area contributed by atoms with E-state index in [1.807, 2.05) is 12.1 Å². The molecular weight excluding hydrogens is 242 g/mol. The molecule has 0 aliphatic carbocycles. The number of methoxy groups -OCH3 is 1. The average Bonchev–Trinajstić information content (AvgIpc) is 2.47. The number of aliphatic hydroxyl groups is 1. The summed E-state index contributed by atoms with van der Waals surface area (Å²) in [6.07, 6.45) is 1.09. The third-order valence-electron chi connectivity index (χ3n) is 4.14. The van der Waals surface area contributed by atoms with Crippen LogP contribution in [0.2, 0.25) is 0 Å². The molecule has 1 aliphatic heterocycles. The van der Waals surface area contributed by atoms with E-state index in [0.717, 1.165) is 11.3 Å². The van der Waals surface area contributed by atoms with Crippen molar-refractivity contribution in [3.05, 3.63) is 29.8 Å². The van der Waals surface area contributed by atoms with Crippen LogP contribution in [0.15, 0.2) is 24.3 Å². The van der Waals surface area contributed by atoms with Gasteiger partial charge in [0.25, 0.3) is 0 Å². The molecule has 0 radical (unpaired) electrons. The Bertz CT molecular complexity index is 467. The second-order valence-corrected chi connectivity index (χ2v) is 5.11. The first kappa shape index (κ1) is 13.9. The molecule has 0 spiro atoms. The van der Waals surface area contributed by atoms with E-state index in [4.69, 9.17) is 9.47 Å². The smallest absolute Gasteiger partial charge is 0.118 e. The summed E-state index contributed by atoms with van der Waals surface area (Å²) in [5.74, 6) is 0.734. The van der Waals surface area contributed by atoms with Crippen LogP contribution in [0, 0.1) is 16.7 Å². The lowest BCUT2D eigenvalue weighted by Gasteiger charge is -2.42. The predicted molar refractivity (Wildman–Crippen MR) is 70.7 cm³/mol. The van der Waals surface area contributed by atoms with Crippen molar-refractivity contribution in [2.24, 2.45) is 5.41 Å². The maximum atomic E-state index is 10.9. The first-order valence-corrected chi connectivity index (χ1v) is 6.42. The van der Waals surface area contributed by atoms with Crippen LogP contribution in [0.25, 0.3) is 0 Å². The SMILES string of the molecule is COc1ccc(C(C)(O)C2(C#N)CCOCC2)cc1. The third-order valence-corrected chi connectivity index (χ3v) is 4.14. The number of nitrogens with zero attached hydrogens (tertiary/aromatic N) is 1. The van der Waals surface area contributed by atoms with Crippen molar-refractivity contribution in [2.75, 3.05) is 20.3 Å². The highest BCUT2D eigenvalue weighted by Gasteiger charge is 2.49. The van der Waals surface area contributed by atoms with Gasteiger partial charge in [-0.25, -0.2) is 0 Å². The van der Waals surface area contributed by atoms with Gasteiger partial charge in [0.1, 0.15) is 11.4 Å². The molecule has 1 heterocycles. The van der Waals surface area contributed by atoms with E-state index in [0.29, 0.717) is 26.1 Å². The predicted octanol–water partition coefficient (Wildman–Crippen LogP) is 2.22. The molecule has 19 heavy (non-hydrogen) atoms. The molecule has 1 unspecified atom stereocenters. The van der Waals surface area contributed by atoms with E-state index in [9.17, 15) is 10.4 Å². The molecule has 1 saturated heterocycles. The molecule has 0 saturated carbocycles. The molecule has 0 aromatic heterocycles. The highest BCUT2D eigenvalue weighted by molar-refractivity contribution is 5.33. The third kappa shape index (κ3) is 2.32. The van der Waals surface area contributed by atoms with Crippen molar-refractivity contribution in [1.82, 2.24) is 0 Å². The molecule has 2 rings (SSSR count). The van der Waals surface area contributed by atoms with Gasteiger partial charge in [-0.2, -0.15) is 5.26 Å². The first-order chi connectivity index (χ1) is 9.05. The Labute approximate surface area is 113 Å². The number of benzene rings is 1. The van der Waals surface area contributed by atoms with E-state index < -0.39 is 11.0 Å². The van der Waals surface area contributed by atoms with Gasteiger partial charge in [0.2, 0.25) is 0 Å². The zero-order valence-corrected chi connectivity index (χ0v) is 11.3. The van der Waals surface area contributed by atoms with Crippen LogP contribution in [-0.4, -0.2) is 25.4 Å². The van der Waals surface area contributed by atoms with Crippen LogP contribution in [-0.2, 0) is 10.3 Å². The molecule has 1 aromatic carbocycles. The quantitative estimate of drug-likeness (QED) is 0.906. The summed E-state index contributed by atoms with van der Waals surface area (Å²) in [6.45, 7) is 2.74. The van der Waals surface area contributed by atoms with Crippen LogP contribution < -0.4 is 4.74 Å². The molecule has 0 amide bonds. The Morgan fingerprint density at radius 1 is 1.32 bits per heavy atom. The normalized spacial score (nSPS) is 21.2. The molecule has 0 bridgehead atoms. The van der Waals surface area contributed by atoms with Gasteiger partial charge < -0.3 is 14.6 Å². The van der Waals surface area contributed by atoms with Gasteiger partial charge in [-0.1, -0.05) is 12.1 Å². The number of ether oxygens (including phenoxy) is 2. The fourth-order valence-corrected chi connectivity index (χ4v) is 2.62. The van der Waals surface area contributed by atoms with Gasteiger partial charge in [0.05, 0.1) is 18.6 Å². The van der Waals surface area contributed by atoms with E-state index >= 15 is 0 Å². The molecule has 4 nitrogen and oxygen atoms in total. The Balaban J connectivity index is 2.36. The maximum Gasteiger partial charge on any atom is 0.118 e. The monoisotopic (exact) mass is 261 g/mol. The molecule has 1 fully saturated rings. The van der Waals surface area contributed by atoms with Crippen LogP contribution in [0.1, 0.15) is 25.3 Å². The van der Waals surface area contributed by atoms with Gasteiger partial charge in [0, 0.05) is 13.2 Å². The standard InChI is InChI=1S/C15H19NO3/c1-14(17,12-3-5-13(18-2)6-4-12)15(11-16)7-9-19-10-8-15/h3-6,17H,7-10H2,1-2H3. The highest BCUT2D eigenvalue weighted by atomic mass is 16.5. The summed E-state index contributed by atoms with van der Waals surface area (Å²) in [5, 5.41) is 20.5. The summed E-state index contributed by atoms with van der Waals surface area (Å²) < 4.78 is 10.4. The van der Waals surface area contributed by atoms with Crippen LogP contribution in [0.5, 0.6) is 5.75 Å². The topological polar surface area (TPSA) is 62.5 Å². The minimum atomic E-state index is -1.20. The van der Waals surface area contributed by atoms with Crippen molar-refractivity contribution in [3.63, 3.8) is 0 Å². The first-order valence-electron chi connectivity index (χ1n) is 6.42. The Hall–Kier alpha value is -1.57. The van der Waals surface area contributed by atoms with Gasteiger partial charge in [-0.3, -0.25) is 0 Å². The average molecular weight is 261 g/mol. The number of nitriles is 1. The van der Waals surface area contributed by atoms with Gasteiger partial charge in [-0.05, 0) is 37.5 Å². The van der Waals surface area contributed by atoms with Gasteiger partial charge >= 0.3 is 0 Å². The fourth-order valence-electron chi connectivity index (χ4n) is 2.62. The van der Waals surface area contributed by atoms with Crippen LogP contribution in [0.3, 0.4) is 0 Å². The summed E-state index contributed by atoms with van der Waals surface area (Å²) in [4.78, 5) is 0. The summed E-state index contributed by atoms with van der Waals surface area (Å²) in [6, 6.07) is 9.55.